The fraction of sp³-hybridized carbons (Fsp3) is 0.263. The molecular weight excluding hydrogens is 465 g/mol. The van der Waals surface area contributed by atoms with Crippen LogP contribution in [0.1, 0.15) is 10.4 Å². The lowest BCUT2D eigenvalue weighted by atomic mass is 10.2. The van der Waals surface area contributed by atoms with Crippen molar-refractivity contribution in [3.8, 4) is 5.75 Å². The van der Waals surface area contributed by atoms with Crippen LogP contribution in [-0.2, 0) is 0 Å². The van der Waals surface area contributed by atoms with E-state index >= 15 is 0 Å². The fourth-order valence-electron chi connectivity index (χ4n) is 2.57. The van der Waals surface area contributed by atoms with E-state index in [0.717, 1.165) is 35.6 Å². The largest absolute Gasteiger partial charge is 0.573 e. The summed E-state index contributed by atoms with van der Waals surface area (Å²) in [7, 11) is 3.58. The molecule has 0 atom stereocenters. The SMILES string of the molecule is CN(C)CCN(C(=O)c1ccc(F)c(F)c1)c1nc2ccc(OC(F)(F)F)cc2s1.Cl. The number of alkyl halides is 3. The van der Waals surface area contributed by atoms with E-state index in [9.17, 15) is 26.7 Å². The van der Waals surface area contributed by atoms with Crippen molar-refractivity contribution in [1.29, 1.82) is 0 Å². The molecule has 5 nitrogen and oxygen atoms in total. The van der Waals surface area contributed by atoms with E-state index in [1.807, 2.05) is 4.90 Å². The molecule has 1 amide bonds. The zero-order chi connectivity index (χ0) is 22.1. The van der Waals surface area contributed by atoms with Gasteiger partial charge in [0, 0.05) is 24.7 Å². The van der Waals surface area contributed by atoms with Crippen molar-refractivity contribution in [1.82, 2.24) is 9.88 Å². The minimum atomic E-state index is -4.83. The van der Waals surface area contributed by atoms with Crippen LogP contribution in [0.2, 0.25) is 0 Å². The second kappa shape index (κ2) is 9.75. The topological polar surface area (TPSA) is 45.7 Å². The highest BCUT2D eigenvalue weighted by Crippen LogP contribution is 2.33. The van der Waals surface area contributed by atoms with Crippen LogP contribution in [0, 0.1) is 11.6 Å². The molecule has 2 aromatic carbocycles. The summed E-state index contributed by atoms with van der Waals surface area (Å²) in [6.07, 6.45) is -4.83. The zero-order valence-electron chi connectivity index (χ0n) is 16.2. The van der Waals surface area contributed by atoms with Crippen LogP contribution in [0.3, 0.4) is 0 Å². The van der Waals surface area contributed by atoms with Crippen molar-refractivity contribution in [2.24, 2.45) is 0 Å². The molecule has 1 aromatic heterocycles. The predicted molar refractivity (Wildman–Crippen MR) is 110 cm³/mol. The van der Waals surface area contributed by atoms with Gasteiger partial charge in [0.05, 0.1) is 10.2 Å². The smallest absolute Gasteiger partial charge is 0.406 e. The van der Waals surface area contributed by atoms with Gasteiger partial charge in [0.15, 0.2) is 16.8 Å². The summed E-state index contributed by atoms with van der Waals surface area (Å²) >= 11 is 0.988. The van der Waals surface area contributed by atoms with Gasteiger partial charge in [0.2, 0.25) is 0 Å². The molecule has 0 spiro atoms. The van der Waals surface area contributed by atoms with Gasteiger partial charge < -0.3 is 9.64 Å². The normalized spacial score (nSPS) is 11.5. The Bertz CT molecular complexity index is 1070. The molecule has 0 bridgehead atoms. The molecule has 0 radical (unpaired) electrons. The minimum absolute atomic E-state index is 0. The minimum Gasteiger partial charge on any atom is -0.406 e. The van der Waals surface area contributed by atoms with Gasteiger partial charge in [0.25, 0.3) is 5.91 Å². The Kier molecular flexibility index (Phi) is 7.79. The molecule has 12 heteroatoms. The molecule has 168 valence electrons. The first kappa shape index (κ1) is 24.8. The Morgan fingerprint density at radius 3 is 2.39 bits per heavy atom. The van der Waals surface area contributed by atoms with Crippen molar-refractivity contribution in [3.63, 3.8) is 0 Å². The first-order chi connectivity index (χ1) is 14.0. The lowest BCUT2D eigenvalue weighted by Gasteiger charge is -2.22. The van der Waals surface area contributed by atoms with Crippen molar-refractivity contribution in [2.45, 2.75) is 6.36 Å². The number of ether oxygens (including phenoxy) is 1. The van der Waals surface area contributed by atoms with E-state index in [1.165, 1.54) is 17.0 Å². The average Bonchev–Trinajstić information content (AvgIpc) is 3.05. The quantitative estimate of drug-likeness (QED) is 0.459. The number of hydrogen-bond donors (Lipinski definition) is 0. The number of nitrogens with zero attached hydrogens (tertiary/aromatic N) is 3. The Balaban J connectivity index is 0.00000341. The van der Waals surface area contributed by atoms with Gasteiger partial charge in [-0.2, -0.15) is 0 Å². The summed E-state index contributed by atoms with van der Waals surface area (Å²) in [5.74, 6) is -3.26. The molecule has 3 aromatic rings. The Labute approximate surface area is 184 Å². The number of carbonyl (C=O) groups is 1. The van der Waals surface area contributed by atoms with Gasteiger partial charge >= 0.3 is 6.36 Å². The van der Waals surface area contributed by atoms with E-state index < -0.39 is 29.7 Å². The first-order valence-electron chi connectivity index (χ1n) is 8.61. The van der Waals surface area contributed by atoms with Gasteiger partial charge in [-0.25, -0.2) is 13.8 Å². The number of thiazole rings is 1. The standard InChI is InChI=1S/C19H16F5N3O2S.ClH/c1-26(2)7-8-27(17(28)11-3-5-13(20)14(21)9-11)18-25-15-6-4-12(10-16(15)30-18)29-19(22,23)24;/h3-6,9-10H,7-8H2,1-2H3;1H. The third-order valence-electron chi connectivity index (χ3n) is 4.00. The molecule has 0 saturated heterocycles. The zero-order valence-corrected chi connectivity index (χ0v) is 17.9. The maximum absolute atomic E-state index is 13.6. The van der Waals surface area contributed by atoms with Gasteiger partial charge in [-0.1, -0.05) is 11.3 Å². The highest BCUT2D eigenvalue weighted by Gasteiger charge is 2.31. The molecule has 0 aliphatic rings. The second-order valence-corrected chi connectivity index (χ2v) is 7.57. The summed E-state index contributed by atoms with van der Waals surface area (Å²) in [6, 6.07) is 6.46. The number of fused-ring (bicyclic) bond motifs is 1. The van der Waals surface area contributed by atoms with Crippen LogP contribution in [0.4, 0.5) is 27.1 Å². The summed E-state index contributed by atoms with van der Waals surface area (Å²) in [4.78, 5) is 20.4. The third kappa shape index (κ3) is 6.25. The molecule has 3 rings (SSSR count). The molecule has 0 aliphatic heterocycles. The van der Waals surface area contributed by atoms with Crippen molar-refractivity contribution in [2.75, 3.05) is 32.1 Å². The highest BCUT2D eigenvalue weighted by molar-refractivity contribution is 7.22. The maximum Gasteiger partial charge on any atom is 0.573 e. The van der Waals surface area contributed by atoms with Crippen LogP contribution >= 0.6 is 23.7 Å². The summed E-state index contributed by atoms with van der Waals surface area (Å²) in [6.45, 7) is 0.615. The second-order valence-electron chi connectivity index (χ2n) is 6.56. The Morgan fingerprint density at radius 2 is 1.77 bits per heavy atom. The van der Waals surface area contributed by atoms with Gasteiger partial charge in [-0.05, 0) is 44.4 Å². The predicted octanol–water partition coefficient (Wildman–Crippen LogP) is 5.10. The number of halogens is 6. The van der Waals surface area contributed by atoms with Gasteiger partial charge in [-0.3, -0.25) is 9.69 Å². The monoisotopic (exact) mass is 481 g/mol. The molecule has 0 aliphatic carbocycles. The lowest BCUT2D eigenvalue weighted by Crippen LogP contribution is -2.36. The molecule has 0 unspecified atom stereocenters. The van der Waals surface area contributed by atoms with Crippen LogP contribution in [0.25, 0.3) is 10.2 Å². The molecule has 1 heterocycles. The molecular formula is C19H17ClF5N3O2S. The fourth-order valence-corrected chi connectivity index (χ4v) is 3.59. The molecule has 0 saturated carbocycles. The number of amides is 1. The van der Waals surface area contributed by atoms with Gasteiger partial charge in [0.1, 0.15) is 5.75 Å². The number of rotatable bonds is 6. The van der Waals surface area contributed by atoms with E-state index in [2.05, 4.69) is 9.72 Å². The molecule has 31 heavy (non-hydrogen) atoms. The lowest BCUT2D eigenvalue weighted by molar-refractivity contribution is -0.274. The number of aromatic nitrogens is 1. The van der Waals surface area contributed by atoms with Gasteiger partial charge in [-0.15, -0.1) is 25.6 Å². The van der Waals surface area contributed by atoms with Crippen LogP contribution < -0.4 is 9.64 Å². The van der Waals surface area contributed by atoms with Crippen molar-refractivity contribution < 1.29 is 31.5 Å². The van der Waals surface area contributed by atoms with E-state index in [4.69, 9.17) is 0 Å². The van der Waals surface area contributed by atoms with Crippen LogP contribution in [0.5, 0.6) is 5.75 Å². The summed E-state index contributed by atoms with van der Waals surface area (Å²) < 4.78 is 68.5. The number of anilines is 1. The molecule has 0 N–H and O–H groups in total. The first-order valence-corrected chi connectivity index (χ1v) is 9.43. The average molecular weight is 482 g/mol. The number of hydrogen-bond acceptors (Lipinski definition) is 5. The maximum atomic E-state index is 13.6. The van der Waals surface area contributed by atoms with E-state index in [-0.39, 0.29) is 29.6 Å². The van der Waals surface area contributed by atoms with Crippen molar-refractivity contribution >= 4 is 45.0 Å². The number of carbonyl (C=O) groups excluding carboxylic acids is 1. The highest BCUT2D eigenvalue weighted by atomic mass is 35.5. The van der Waals surface area contributed by atoms with E-state index in [0.29, 0.717) is 16.8 Å². The van der Waals surface area contributed by atoms with E-state index in [1.54, 1.807) is 14.1 Å². The Hall–Kier alpha value is -2.50. The summed E-state index contributed by atoms with van der Waals surface area (Å²) in [5, 5.41) is 0.214. The number of benzene rings is 2. The van der Waals surface area contributed by atoms with Crippen LogP contribution in [0.15, 0.2) is 36.4 Å². The molecule has 0 fully saturated rings. The van der Waals surface area contributed by atoms with Crippen molar-refractivity contribution in [3.05, 3.63) is 53.6 Å². The number of likely N-dealkylation sites (N-methyl/N-ethyl adjacent to an activating group) is 1. The Morgan fingerprint density at radius 1 is 1.06 bits per heavy atom. The third-order valence-corrected chi connectivity index (χ3v) is 5.04. The van der Waals surface area contributed by atoms with Crippen LogP contribution in [-0.4, -0.2) is 49.3 Å². The summed E-state index contributed by atoms with van der Waals surface area (Å²) in [5.41, 5.74) is 0.297.